The van der Waals surface area contributed by atoms with Gasteiger partial charge >= 0.3 is 0 Å². The van der Waals surface area contributed by atoms with Gasteiger partial charge in [0.25, 0.3) is 0 Å². The molecule has 0 saturated heterocycles. The van der Waals surface area contributed by atoms with E-state index in [0.29, 0.717) is 0 Å². The zero-order valence-electron chi connectivity index (χ0n) is 10.7. The highest BCUT2D eigenvalue weighted by Gasteiger charge is 2.35. The molecule has 20 heavy (non-hydrogen) atoms. The number of hydrogen-bond donors (Lipinski definition) is 2. The topological polar surface area (TPSA) is 66.4 Å². The molecular weight excluding hydrogens is 314 g/mol. The minimum absolute atomic E-state index is 0.0449. The Labute approximate surface area is 126 Å². The van der Waals surface area contributed by atoms with Gasteiger partial charge in [-0.3, -0.25) is 0 Å². The van der Waals surface area contributed by atoms with Crippen LogP contribution in [0.5, 0.6) is 0 Å². The molecule has 0 amide bonds. The fraction of sp³-hybridized carbons (Fsp3) is 0.385. The molecule has 0 radical (unpaired) electrons. The lowest BCUT2D eigenvalue weighted by atomic mass is 10.3. The molecule has 0 unspecified atom stereocenters. The Bertz CT molecular complexity index is 672. The lowest BCUT2D eigenvalue weighted by Gasteiger charge is -2.10. The van der Waals surface area contributed by atoms with Crippen LogP contribution in [0.25, 0.3) is 9.75 Å². The van der Waals surface area contributed by atoms with Gasteiger partial charge in [-0.15, -0.1) is 22.7 Å². The van der Waals surface area contributed by atoms with Crippen molar-refractivity contribution in [1.82, 2.24) is 4.72 Å². The molecule has 0 bridgehead atoms. The van der Waals surface area contributed by atoms with Gasteiger partial charge in [0, 0.05) is 21.2 Å². The summed E-state index contributed by atoms with van der Waals surface area (Å²) < 4.78 is 25.9. The van der Waals surface area contributed by atoms with E-state index < -0.39 is 16.1 Å². The standard InChI is InChI=1S/C13H15NO3S3/c15-10(8-14-20(16,17)9-3-4-9)11-5-6-13(19-11)12-2-1-7-18-12/h1-2,5-7,9-10,14-15H,3-4,8H2/t10-/m0/s1. The Kier molecular flexibility index (Phi) is 3.96. The number of thiophene rings is 2. The van der Waals surface area contributed by atoms with E-state index in [0.717, 1.165) is 27.5 Å². The molecule has 7 heteroatoms. The molecule has 1 aliphatic carbocycles. The molecule has 2 aromatic rings. The smallest absolute Gasteiger partial charge is 0.214 e. The molecule has 4 nitrogen and oxygen atoms in total. The second-order valence-electron chi connectivity index (χ2n) is 4.79. The maximum Gasteiger partial charge on any atom is 0.214 e. The molecule has 2 N–H and O–H groups in total. The summed E-state index contributed by atoms with van der Waals surface area (Å²) in [6, 6.07) is 7.84. The summed E-state index contributed by atoms with van der Waals surface area (Å²) in [7, 11) is -3.23. The summed E-state index contributed by atoms with van der Waals surface area (Å²) in [5.74, 6) is 0. The molecule has 0 aliphatic heterocycles. The first-order valence-corrected chi connectivity index (χ1v) is 9.60. The van der Waals surface area contributed by atoms with E-state index in [1.165, 1.54) is 11.3 Å². The molecule has 2 aromatic heterocycles. The van der Waals surface area contributed by atoms with Crippen LogP contribution < -0.4 is 4.72 Å². The van der Waals surface area contributed by atoms with Crippen molar-refractivity contribution in [2.24, 2.45) is 0 Å². The van der Waals surface area contributed by atoms with Gasteiger partial charge in [0.1, 0.15) is 6.10 Å². The van der Waals surface area contributed by atoms with Crippen molar-refractivity contribution in [1.29, 1.82) is 0 Å². The van der Waals surface area contributed by atoms with Gasteiger partial charge < -0.3 is 5.11 Å². The summed E-state index contributed by atoms with van der Waals surface area (Å²) in [5.41, 5.74) is 0. The third kappa shape index (κ3) is 3.12. The van der Waals surface area contributed by atoms with Gasteiger partial charge in [-0.05, 0) is 36.4 Å². The Morgan fingerprint density at radius 1 is 1.30 bits per heavy atom. The minimum atomic E-state index is -3.23. The summed E-state index contributed by atoms with van der Waals surface area (Å²) in [4.78, 5) is 3.04. The average molecular weight is 329 g/mol. The third-order valence-electron chi connectivity index (χ3n) is 3.16. The van der Waals surface area contributed by atoms with Gasteiger partial charge in [0.05, 0.1) is 5.25 Å². The van der Waals surface area contributed by atoms with Crippen molar-refractivity contribution >= 4 is 32.7 Å². The van der Waals surface area contributed by atoms with Crippen molar-refractivity contribution in [3.63, 3.8) is 0 Å². The Morgan fingerprint density at radius 2 is 2.10 bits per heavy atom. The minimum Gasteiger partial charge on any atom is -0.386 e. The van der Waals surface area contributed by atoms with Gasteiger partial charge in [-0.2, -0.15) is 0 Å². The second-order valence-corrected chi connectivity index (χ2v) is 8.90. The lowest BCUT2D eigenvalue weighted by Crippen LogP contribution is -2.31. The average Bonchev–Trinajstić information content (AvgIpc) is 2.96. The summed E-state index contributed by atoms with van der Waals surface area (Å²) >= 11 is 3.15. The fourth-order valence-corrected chi connectivity index (χ4v) is 5.09. The predicted molar refractivity (Wildman–Crippen MR) is 82.5 cm³/mol. The number of nitrogens with one attached hydrogen (secondary N) is 1. The van der Waals surface area contributed by atoms with E-state index in [9.17, 15) is 13.5 Å². The molecule has 108 valence electrons. The van der Waals surface area contributed by atoms with Gasteiger partial charge in [-0.25, -0.2) is 13.1 Å². The maximum atomic E-state index is 11.7. The monoisotopic (exact) mass is 329 g/mol. The summed E-state index contributed by atoms with van der Waals surface area (Å²) in [6.07, 6.45) is 0.669. The number of rotatable bonds is 6. The van der Waals surface area contributed by atoms with Gasteiger partial charge in [0.2, 0.25) is 10.0 Å². The van der Waals surface area contributed by atoms with Crippen molar-refractivity contribution in [3.8, 4) is 9.75 Å². The van der Waals surface area contributed by atoms with Crippen molar-refractivity contribution < 1.29 is 13.5 Å². The van der Waals surface area contributed by atoms with Gasteiger partial charge in [-0.1, -0.05) is 6.07 Å². The normalized spacial score (nSPS) is 17.2. The lowest BCUT2D eigenvalue weighted by molar-refractivity contribution is 0.185. The number of aliphatic hydroxyl groups excluding tert-OH is 1. The van der Waals surface area contributed by atoms with Crippen LogP contribution in [0.4, 0.5) is 0 Å². The first-order valence-electron chi connectivity index (χ1n) is 6.36. The quantitative estimate of drug-likeness (QED) is 0.856. The summed E-state index contributed by atoms with van der Waals surface area (Å²) in [5, 5.41) is 11.8. The molecule has 1 atom stereocenters. The highest BCUT2D eigenvalue weighted by Crippen LogP contribution is 2.34. The zero-order chi connectivity index (χ0) is 14.2. The van der Waals surface area contributed by atoms with Crippen LogP contribution in [0.3, 0.4) is 0 Å². The van der Waals surface area contributed by atoms with E-state index in [-0.39, 0.29) is 11.8 Å². The summed E-state index contributed by atoms with van der Waals surface area (Å²) in [6.45, 7) is 0.0449. The van der Waals surface area contributed by atoms with Crippen LogP contribution >= 0.6 is 22.7 Å². The molecule has 0 spiro atoms. The van der Waals surface area contributed by atoms with E-state index in [4.69, 9.17) is 0 Å². The van der Waals surface area contributed by atoms with Crippen LogP contribution in [-0.4, -0.2) is 25.3 Å². The molecule has 0 aromatic carbocycles. The van der Waals surface area contributed by atoms with E-state index in [2.05, 4.69) is 4.72 Å². The molecule has 1 aliphatic rings. The molecule has 3 rings (SSSR count). The molecule has 2 heterocycles. The van der Waals surface area contributed by atoms with Crippen molar-refractivity contribution in [3.05, 3.63) is 34.5 Å². The van der Waals surface area contributed by atoms with Crippen LogP contribution in [-0.2, 0) is 10.0 Å². The second kappa shape index (κ2) is 5.57. The first-order chi connectivity index (χ1) is 9.56. The Balaban J connectivity index is 1.64. The first kappa shape index (κ1) is 14.2. The highest BCUT2D eigenvalue weighted by atomic mass is 32.2. The van der Waals surface area contributed by atoms with E-state index >= 15 is 0 Å². The van der Waals surface area contributed by atoms with Crippen molar-refractivity contribution in [2.75, 3.05) is 6.54 Å². The van der Waals surface area contributed by atoms with E-state index in [1.807, 2.05) is 29.6 Å². The molecular formula is C13H15NO3S3. The Hall–Kier alpha value is -0.730. The number of sulfonamides is 1. The number of hydrogen-bond acceptors (Lipinski definition) is 5. The van der Waals surface area contributed by atoms with Crippen LogP contribution in [0.1, 0.15) is 23.8 Å². The van der Waals surface area contributed by atoms with E-state index in [1.54, 1.807) is 11.3 Å². The largest absolute Gasteiger partial charge is 0.386 e. The fourth-order valence-electron chi connectivity index (χ4n) is 1.87. The zero-order valence-corrected chi connectivity index (χ0v) is 13.1. The molecule has 1 fully saturated rings. The SMILES string of the molecule is O=S(=O)(NC[C@H](O)c1ccc(-c2cccs2)s1)C1CC1. The number of aliphatic hydroxyl groups is 1. The predicted octanol–water partition coefficient (Wildman–Crippen LogP) is 2.59. The maximum absolute atomic E-state index is 11.7. The van der Waals surface area contributed by atoms with Crippen molar-refractivity contribution in [2.45, 2.75) is 24.2 Å². The third-order valence-corrected chi connectivity index (χ3v) is 7.33. The van der Waals surface area contributed by atoms with Crippen LogP contribution in [0, 0.1) is 0 Å². The van der Waals surface area contributed by atoms with Gasteiger partial charge in [0.15, 0.2) is 0 Å². The van der Waals surface area contributed by atoms with Crippen LogP contribution in [0.15, 0.2) is 29.6 Å². The molecule has 1 saturated carbocycles. The Morgan fingerprint density at radius 3 is 2.75 bits per heavy atom. The highest BCUT2D eigenvalue weighted by molar-refractivity contribution is 7.90. The van der Waals surface area contributed by atoms with Crippen LogP contribution in [0.2, 0.25) is 0 Å².